The molecule has 8 heteroatoms. The molecule has 0 spiro atoms. The number of hydrogen-bond donors (Lipinski definition) is 0. The van der Waals surface area contributed by atoms with Gasteiger partial charge in [-0.3, -0.25) is 19.3 Å². The van der Waals surface area contributed by atoms with Gasteiger partial charge in [0.25, 0.3) is 5.91 Å². The van der Waals surface area contributed by atoms with E-state index in [2.05, 4.69) is 4.90 Å². The van der Waals surface area contributed by atoms with Gasteiger partial charge in [0.2, 0.25) is 5.91 Å². The van der Waals surface area contributed by atoms with E-state index < -0.39 is 0 Å². The first kappa shape index (κ1) is 27.5. The third-order valence-corrected chi connectivity index (χ3v) is 8.48. The fourth-order valence-electron chi connectivity index (χ4n) is 5.26. The molecule has 2 aliphatic rings. The van der Waals surface area contributed by atoms with Crippen LogP contribution < -0.4 is 9.80 Å². The molecule has 1 saturated heterocycles. The van der Waals surface area contributed by atoms with E-state index in [1.54, 1.807) is 11.8 Å². The van der Waals surface area contributed by atoms with Crippen LogP contribution in [0, 0.1) is 0 Å². The number of hydrogen-bond acceptors (Lipinski definition) is 6. The van der Waals surface area contributed by atoms with Crippen molar-refractivity contribution in [3.63, 3.8) is 0 Å². The SMILES string of the molecule is CC(=O)c1ccc(N2CCN(C(=O)CSC3=N/C(=C\c4cccc5ccccc45)C(=O)N3c3ccccc3)CC2)cc1. The Bertz CT molecular complexity index is 1700. The number of ketones is 1. The first-order valence-electron chi connectivity index (χ1n) is 13.9. The molecule has 1 fully saturated rings. The van der Waals surface area contributed by atoms with Crippen molar-refractivity contribution in [3.05, 3.63) is 114 Å². The molecule has 0 bridgehead atoms. The van der Waals surface area contributed by atoms with Crippen molar-refractivity contribution in [1.82, 2.24) is 4.90 Å². The topological polar surface area (TPSA) is 73.3 Å². The summed E-state index contributed by atoms with van der Waals surface area (Å²) in [4.78, 5) is 48.9. The lowest BCUT2D eigenvalue weighted by molar-refractivity contribution is -0.128. The number of rotatable bonds is 6. The van der Waals surface area contributed by atoms with Gasteiger partial charge >= 0.3 is 0 Å². The number of fused-ring (bicyclic) bond motifs is 1. The minimum Gasteiger partial charge on any atom is -0.368 e. The van der Waals surface area contributed by atoms with Crippen molar-refractivity contribution in [1.29, 1.82) is 0 Å². The second kappa shape index (κ2) is 12.0. The van der Waals surface area contributed by atoms with Crippen LogP contribution in [0.1, 0.15) is 22.8 Å². The molecule has 0 aliphatic carbocycles. The summed E-state index contributed by atoms with van der Waals surface area (Å²) in [6.45, 7) is 4.19. The van der Waals surface area contributed by atoms with Crippen molar-refractivity contribution in [3.8, 4) is 0 Å². The second-order valence-electron chi connectivity index (χ2n) is 10.2. The van der Waals surface area contributed by atoms with Gasteiger partial charge in [-0.1, -0.05) is 72.4 Å². The van der Waals surface area contributed by atoms with Crippen LogP contribution >= 0.6 is 11.8 Å². The maximum absolute atomic E-state index is 13.6. The molecule has 0 unspecified atom stereocenters. The number of amidine groups is 1. The quantitative estimate of drug-likeness (QED) is 0.213. The lowest BCUT2D eigenvalue weighted by atomic mass is 10.0. The second-order valence-corrected chi connectivity index (χ2v) is 11.2. The Morgan fingerprint density at radius 3 is 2.24 bits per heavy atom. The standard InChI is InChI=1S/C34H30N4O3S/c1-24(39)25-14-16-28(17-15-25)36-18-20-37(21-19-36)32(40)23-42-34-35-31(33(41)38(34)29-11-3-2-4-12-29)22-27-10-7-9-26-8-5-6-13-30(26)27/h2-17,22H,18-21,23H2,1H3/b31-22-. The van der Waals surface area contributed by atoms with Gasteiger partial charge in [0, 0.05) is 37.4 Å². The molecule has 210 valence electrons. The van der Waals surface area contributed by atoms with Crippen LogP contribution in [0.15, 0.2) is 108 Å². The van der Waals surface area contributed by atoms with Gasteiger partial charge in [0.05, 0.1) is 11.4 Å². The van der Waals surface area contributed by atoms with Crippen LogP contribution in [0.4, 0.5) is 11.4 Å². The molecule has 0 aromatic heterocycles. The molecule has 42 heavy (non-hydrogen) atoms. The molecule has 6 rings (SSSR count). The zero-order valence-electron chi connectivity index (χ0n) is 23.3. The number of piperazine rings is 1. The molecule has 2 heterocycles. The zero-order valence-corrected chi connectivity index (χ0v) is 24.1. The largest absolute Gasteiger partial charge is 0.368 e. The van der Waals surface area contributed by atoms with Crippen molar-refractivity contribution in [2.45, 2.75) is 6.92 Å². The highest BCUT2D eigenvalue weighted by Crippen LogP contribution is 2.31. The number of benzene rings is 4. The van der Waals surface area contributed by atoms with Crippen LogP contribution in [-0.2, 0) is 9.59 Å². The number of thioether (sulfide) groups is 1. The number of nitrogens with zero attached hydrogens (tertiary/aromatic N) is 4. The number of para-hydroxylation sites is 1. The number of anilines is 2. The van der Waals surface area contributed by atoms with Crippen LogP contribution in [0.3, 0.4) is 0 Å². The molecule has 0 atom stereocenters. The minimum absolute atomic E-state index is 0.0150. The number of Topliss-reactive ketones (excluding diaryl/α,β-unsaturated/α-hetero) is 1. The summed E-state index contributed by atoms with van der Waals surface area (Å²) < 4.78 is 0. The summed E-state index contributed by atoms with van der Waals surface area (Å²) in [6.07, 6.45) is 1.83. The van der Waals surface area contributed by atoms with Gasteiger partial charge < -0.3 is 9.80 Å². The fourth-order valence-corrected chi connectivity index (χ4v) is 6.18. The van der Waals surface area contributed by atoms with E-state index in [0.29, 0.717) is 48.3 Å². The third kappa shape index (κ3) is 5.71. The van der Waals surface area contributed by atoms with E-state index in [-0.39, 0.29) is 23.4 Å². The maximum Gasteiger partial charge on any atom is 0.283 e. The number of aliphatic imine (C=N–C) groups is 1. The van der Waals surface area contributed by atoms with E-state index >= 15 is 0 Å². The lowest BCUT2D eigenvalue weighted by Gasteiger charge is -2.36. The fraction of sp³-hybridized carbons (Fsp3) is 0.176. The summed E-state index contributed by atoms with van der Waals surface area (Å²) >= 11 is 1.29. The van der Waals surface area contributed by atoms with E-state index in [4.69, 9.17) is 4.99 Å². The highest BCUT2D eigenvalue weighted by atomic mass is 32.2. The lowest BCUT2D eigenvalue weighted by Crippen LogP contribution is -2.49. The monoisotopic (exact) mass is 574 g/mol. The number of carbonyl (C=O) groups is 3. The molecule has 4 aromatic carbocycles. The zero-order chi connectivity index (χ0) is 29.1. The average Bonchev–Trinajstić information content (AvgIpc) is 3.34. The molecule has 2 aliphatic heterocycles. The predicted molar refractivity (Wildman–Crippen MR) is 171 cm³/mol. The van der Waals surface area contributed by atoms with Crippen molar-refractivity contribution in [2.24, 2.45) is 4.99 Å². The van der Waals surface area contributed by atoms with Crippen LogP contribution in [-0.4, -0.2) is 59.6 Å². The number of amides is 2. The van der Waals surface area contributed by atoms with E-state index in [1.807, 2.05) is 108 Å². The van der Waals surface area contributed by atoms with Crippen LogP contribution in [0.25, 0.3) is 16.8 Å². The van der Waals surface area contributed by atoms with Crippen LogP contribution in [0.5, 0.6) is 0 Å². The Morgan fingerprint density at radius 1 is 0.810 bits per heavy atom. The van der Waals surface area contributed by atoms with E-state index in [9.17, 15) is 14.4 Å². The predicted octanol–water partition coefficient (Wildman–Crippen LogP) is 5.87. The van der Waals surface area contributed by atoms with Gasteiger partial charge in [0.1, 0.15) is 5.70 Å². The normalized spacial score (nSPS) is 16.3. The highest BCUT2D eigenvalue weighted by molar-refractivity contribution is 8.14. The molecule has 0 saturated carbocycles. The Hall–Kier alpha value is -4.69. The van der Waals surface area contributed by atoms with Gasteiger partial charge in [0.15, 0.2) is 11.0 Å². The first-order chi connectivity index (χ1) is 20.5. The molecule has 2 amide bonds. The van der Waals surface area contributed by atoms with Crippen molar-refractivity contribution in [2.75, 3.05) is 41.7 Å². The maximum atomic E-state index is 13.6. The first-order valence-corrected chi connectivity index (χ1v) is 14.9. The summed E-state index contributed by atoms with van der Waals surface area (Å²) in [5, 5.41) is 2.64. The van der Waals surface area contributed by atoms with Gasteiger partial charge in [-0.25, -0.2) is 4.99 Å². The molecule has 0 radical (unpaired) electrons. The minimum atomic E-state index is -0.214. The van der Waals surface area contributed by atoms with E-state index in [0.717, 1.165) is 22.0 Å². The molecule has 7 nitrogen and oxygen atoms in total. The van der Waals surface area contributed by atoms with Gasteiger partial charge in [-0.15, -0.1) is 0 Å². The Kier molecular flexibility index (Phi) is 7.88. The molecular formula is C34H30N4O3S. The molecule has 0 N–H and O–H groups in total. The van der Waals surface area contributed by atoms with Crippen LogP contribution in [0.2, 0.25) is 0 Å². The van der Waals surface area contributed by atoms with Crippen molar-refractivity contribution < 1.29 is 14.4 Å². The van der Waals surface area contributed by atoms with Crippen molar-refractivity contribution >= 4 is 62.8 Å². The average molecular weight is 575 g/mol. The summed E-state index contributed by atoms with van der Waals surface area (Å²) in [5.74, 6) is 0.0318. The number of carbonyl (C=O) groups excluding carboxylic acids is 3. The Labute approximate surface area is 249 Å². The smallest absolute Gasteiger partial charge is 0.283 e. The van der Waals surface area contributed by atoms with Gasteiger partial charge in [-0.2, -0.15) is 0 Å². The Morgan fingerprint density at radius 2 is 1.50 bits per heavy atom. The third-order valence-electron chi connectivity index (χ3n) is 7.56. The molecule has 4 aromatic rings. The summed E-state index contributed by atoms with van der Waals surface area (Å²) in [6, 6.07) is 31.1. The summed E-state index contributed by atoms with van der Waals surface area (Å²) in [7, 11) is 0. The van der Waals surface area contributed by atoms with E-state index in [1.165, 1.54) is 11.8 Å². The molecular weight excluding hydrogens is 544 g/mol. The highest BCUT2D eigenvalue weighted by Gasteiger charge is 2.33. The Balaban J connectivity index is 1.16. The van der Waals surface area contributed by atoms with Gasteiger partial charge in [-0.05, 0) is 65.7 Å². The summed E-state index contributed by atoms with van der Waals surface area (Å²) in [5.41, 5.74) is 3.72.